The van der Waals surface area contributed by atoms with Gasteiger partial charge in [0.1, 0.15) is 17.7 Å². The Morgan fingerprint density at radius 2 is 2.08 bits per heavy atom. The number of halogens is 1. The van der Waals surface area contributed by atoms with Crippen LogP contribution < -0.4 is 10.6 Å². The number of hydrogen-bond donors (Lipinski definition) is 2. The van der Waals surface area contributed by atoms with E-state index >= 15 is 0 Å². The summed E-state index contributed by atoms with van der Waals surface area (Å²) in [5, 5.41) is 13.3. The van der Waals surface area contributed by atoms with Gasteiger partial charge < -0.3 is 9.84 Å². The third-order valence-corrected chi connectivity index (χ3v) is 3.54. The van der Waals surface area contributed by atoms with Gasteiger partial charge in [0.05, 0.1) is 5.69 Å². The van der Waals surface area contributed by atoms with Gasteiger partial charge in [-0.1, -0.05) is 23.4 Å². The zero-order valence-electron chi connectivity index (χ0n) is 13.9. The third-order valence-electron chi connectivity index (χ3n) is 3.54. The standard InChI is InChI=1S/C16H17FN6O2/c1-9-8-13(23(3)21-9)19-16(24)20-14(15-18-10(2)25-22-15)11-6-4-5-7-12(11)17/h4-8,14H,1-3H3,(H2,19,20,24)/t14-/m1/s1. The molecule has 1 aromatic carbocycles. The Labute approximate surface area is 143 Å². The summed E-state index contributed by atoms with van der Waals surface area (Å²) in [5.74, 6) is 0.512. The van der Waals surface area contributed by atoms with Gasteiger partial charge in [-0.15, -0.1) is 0 Å². The number of anilines is 1. The van der Waals surface area contributed by atoms with Crippen LogP contribution in [-0.4, -0.2) is 26.0 Å². The van der Waals surface area contributed by atoms with Crippen molar-refractivity contribution in [2.75, 3.05) is 5.32 Å². The Kier molecular flexibility index (Phi) is 4.46. The van der Waals surface area contributed by atoms with Crippen molar-refractivity contribution in [2.24, 2.45) is 7.05 Å². The molecule has 3 rings (SSSR count). The molecule has 2 aromatic heterocycles. The lowest BCUT2D eigenvalue weighted by molar-refractivity contribution is 0.249. The zero-order chi connectivity index (χ0) is 18.0. The molecule has 2 heterocycles. The average Bonchev–Trinajstić information content (AvgIpc) is 3.11. The van der Waals surface area contributed by atoms with Crippen LogP contribution in [0, 0.1) is 19.7 Å². The maximum absolute atomic E-state index is 14.2. The topological polar surface area (TPSA) is 97.9 Å². The molecule has 0 saturated heterocycles. The Bertz CT molecular complexity index is 904. The van der Waals surface area contributed by atoms with Gasteiger partial charge in [0, 0.05) is 25.6 Å². The Morgan fingerprint density at radius 1 is 1.32 bits per heavy atom. The van der Waals surface area contributed by atoms with Crippen molar-refractivity contribution in [3.63, 3.8) is 0 Å². The molecule has 0 aliphatic carbocycles. The fourth-order valence-corrected chi connectivity index (χ4v) is 2.43. The highest BCUT2D eigenvalue weighted by Gasteiger charge is 2.25. The third kappa shape index (κ3) is 3.65. The molecule has 1 atom stereocenters. The van der Waals surface area contributed by atoms with Gasteiger partial charge in [0.15, 0.2) is 5.82 Å². The van der Waals surface area contributed by atoms with Crippen LogP contribution in [0.1, 0.15) is 29.0 Å². The fraction of sp³-hybridized carbons (Fsp3) is 0.250. The van der Waals surface area contributed by atoms with Crippen molar-refractivity contribution in [1.82, 2.24) is 25.2 Å². The van der Waals surface area contributed by atoms with Gasteiger partial charge in [-0.25, -0.2) is 9.18 Å². The second kappa shape index (κ2) is 6.71. The van der Waals surface area contributed by atoms with Crippen LogP contribution in [0.3, 0.4) is 0 Å². The SMILES string of the molecule is Cc1cc(NC(=O)N[C@@H](c2noc(C)n2)c2ccccc2F)n(C)n1. The van der Waals surface area contributed by atoms with E-state index in [9.17, 15) is 9.18 Å². The molecule has 0 fully saturated rings. The maximum Gasteiger partial charge on any atom is 0.321 e. The Balaban J connectivity index is 1.86. The van der Waals surface area contributed by atoms with E-state index in [0.29, 0.717) is 11.7 Å². The molecule has 0 spiro atoms. The van der Waals surface area contributed by atoms with Crippen molar-refractivity contribution in [2.45, 2.75) is 19.9 Å². The molecule has 0 saturated carbocycles. The summed E-state index contributed by atoms with van der Waals surface area (Å²) < 4.78 is 20.7. The molecule has 3 aromatic rings. The van der Waals surface area contributed by atoms with Gasteiger partial charge in [0.2, 0.25) is 5.89 Å². The summed E-state index contributed by atoms with van der Waals surface area (Å²) in [7, 11) is 1.71. The van der Waals surface area contributed by atoms with Crippen molar-refractivity contribution in [1.29, 1.82) is 0 Å². The summed E-state index contributed by atoms with van der Waals surface area (Å²) in [5.41, 5.74) is 0.997. The smallest absolute Gasteiger partial charge is 0.321 e. The van der Waals surface area contributed by atoms with Crippen LogP contribution in [0.2, 0.25) is 0 Å². The van der Waals surface area contributed by atoms with Crippen molar-refractivity contribution < 1.29 is 13.7 Å². The van der Waals surface area contributed by atoms with Gasteiger partial charge in [0.25, 0.3) is 0 Å². The van der Waals surface area contributed by atoms with Crippen LogP contribution in [0.15, 0.2) is 34.9 Å². The second-order valence-electron chi connectivity index (χ2n) is 5.52. The number of carbonyl (C=O) groups excluding carboxylic acids is 1. The quantitative estimate of drug-likeness (QED) is 0.758. The normalized spacial score (nSPS) is 12.0. The molecule has 2 amide bonds. The van der Waals surface area contributed by atoms with E-state index in [-0.39, 0.29) is 11.4 Å². The molecule has 130 valence electrons. The first-order chi connectivity index (χ1) is 11.9. The molecule has 0 bridgehead atoms. The first kappa shape index (κ1) is 16.6. The van der Waals surface area contributed by atoms with Crippen LogP contribution >= 0.6 is 0 Å². The van der Waals surface area contributed by atoms with E-state index in [0.717, 1.165) is 5.69 Å². The van der Waals surface area contributed by atoms with Gasteiger partial charge >= 0.3 is 6.03 Å². The number of aryl methyl sites for hydroxylation is 3. The summed E-state index contributed by atoms with van der Waals surface area (Å²) in [6.07, 6.45) is 0. The minimum absolute atomic E-state index is 0.166. The predicted octanol–water partition coefficient (Wildman–Crippen LogP) is 2.47. The largest absolute Gasteiger partial charge is 0.340 e. The molecule has 2 N–H and O–H groups in total. The number of nitrogens with one attached hydrogen (secondary N) is 2. The van der Waals surface area contributed by atoms with Crippen LogP contribution in [0.4, 0.5) is 15.0 Å². The highest BCUT2D eigenvalue weighted by atomic mass is 19.1. The minimum Gasteiger partial charge on any atom is -0.340 e. The maximum atomic E-state index is 14.2. The Hall–Kier alpha value is -3.23. The summed E-state index contributed by atoms with van der Waals surface area (Å²) in [6.45, 7) is 3.43. The minimum atomic E-state index is -0.895. The number of hydrogen-bond acceptors (Lipinski definition) is 5. The summed E-state index contributed by atoms with van der Waals surface area (Å²) in [6, 6.07) is 6.38. The van der Waals surface area contributed by atoms with E-state index in [4.69, 9.17) is 4.52 Å². The van der Waals surface area contributed by atoms with Crippen LogP contribution in [0.5, 0.6) is 0 Å². The van der Waals surface area contributed by atoms with Crippen molar-refractivity contribution >= 4 is 11.8 Å². The van der Waals surface area contributed by atoms with Crippen molar-refractivity contribution in [3.05, 3.63) is 59.1 Å². The van der Waals surface area contributed by atoms with Crippen molar-refractivity contribution in [3.8, 4) is 0 Å². The van der Waals surface area contributed by atoms with E-state index in [2.05, 4.69) is 25.9 Å². The molecule has 0 aliphatic heterocycles. The molecule has 0 radical (unpaired) electrons. The van der Waals surface area contributed by atoms with E-state index in [1.165, 1.54) is 10.7 Å². The first-order valence-electron chi connectivity index (χ1n) is 7.57. The van der Waals surface area contributed by atoms with Crippen LogP contribution in [-0.2, 0) is 7.05 Å². The number of rotatable bonds is 4. The van der Waals surface area contributed by atoms with E-state index < -0.39 is 17.9 Å². The summed E-state index contributed by atoms with van der Waals surface area (Å²) >= 11 is 0. The zero-order valence-corrected chi connectivity index (χ0v) is 13.9. The number of benzene rings is 1. The second-order valence-corrected chi connectivity index (χ2v) is 5.52. The average molecular weight is 344 g/mol. The highest BCUT2D eigenvalue weighted by molar-refractivity contribution is 5.88. The van der Waals surface area contributed by atoms with E-state index in [1.807, 2.05) is 6.92 Å². The van der Waals surface area contributed by atoms with Gasteiger partial charge in [-0.2, -0.15) is 10.1 Å². The first-order valence-corrected chi connectivity index (χ1v) is 7.57. The highest BCUT2D eigenvalue weighted by Crippen LogP contribution is 2.22. The number of amides is 2. The molecule has 9 heteroatoms. The lowest BCUT2D eigenvalue weighted by Gasteiger charge is -2.17. The lowest BCUT2D eigenvalue weighted by atomic mass is 10.1. The molecule has 25 heavy (non-hydrogen) atoms. The molecule has 0 aliphatic rings. The van der Waals surface area contributed by atoms with Crippen LogP contribution in [0.25, 0.3) is 0 Å². The number of urea groups is 1. The molecule has 0 unspecified atom stereocenters. The Morgan fingerprint density at radius 3 is 2.68 bits per heavy atom. The van der Waals surface area contributed by atoms with Gasteiger partial charge in [-0.05, 0) is 13.0 Å². The molecule has 8 nitrogen and oxygen atoms in total. The fourth-order valence-electron chi connectivity index (χ4n) is 2.43. The summed E-state index contributed by atoms with van der Waals surface area (Å²) in [4.78, 5) is 16.5. The number of aromatic nitrogens is 4. The lowest BCUT2D eigenvalue weighted by Crippen LogP contribution is -2.34. The predicted molar refractivity (Wildman–Crippen MR) is 87.4 cm³/mol. The van der Waals surface area contributed by atoms with E-state index in [1.54, 1.807) is 38.2 Å². The number of nitrogens with zero attached hydrogens (tertiary/aromatic N) is 4. The molecular weight excluding hydrogens is 327 g/mol. The monoisotopic (exact) mass is 344 g/mol. The molecular formula is C16H17FN6O2. The van der Waals surface area contributed by atoms with Gasteiger partial charge in [-0.3, -0.25) is 10.00 Å². The number of carbonyl (C=O) groups is 1.